The van der Waals surface area contributed by atoms with Gasteiger partial charge in [0.1, 0.15) is 0 Å². The first kappa shape index (κ1) is 13.3. The van der Waals surface area contributed by atoms with Crippen molar-refractivity contribution >= 4 is 0 Å². The summed E-state index contributed by atoms with van der Waals surface area (Å²) in [4.78, 5) is 4.36. The van der Waals surface area contributed by atoms with Gasteiger partial charge in [-0.05, 0) is 38.3 Å². The third-order valence-electron chi connectivity index (χ3n) is 3.43. The fraction of sp³-hybridized carbons (Fsp3) is 0.667. The molecular formula is C15H24N2O. The summed E-state index contributed by atoms with van der Waals surface area (Å²) in [6.07, 6.45) is 6.89. The van der Waals surface area contributed by atoms with Crippen LogP contribution in [-0.2, 0) is 0 Å². The van der Waals surface area contributed by atoms with Gasteiger partial charge in [-0.25, -0.2) is 4.98 Å². The number of pyridine rings is 1. The van der Waals surface area contributed by atoms with Crippen molar-refractivity contribution in [3.05, 3.63) is 23.9 Å². The van der Waals surface area contributed by atoms with Gasteiger partial charge >= 0.3 is 0 Å². The lowest BCUT2D eigenvalue weighted by Gasteiger charge is -2.17. The second-order valence-electron chi connectivity index (χ2n) is 5.15. The van der Waals surface area contributed by atoms with Crippen molar-refractivity contribution in [2.24, 2.45) is 5.92 Å². The monoisotopic (exact) mass is 248 g/mol. The normalized spacial score (nSPS) is 16.6. The van der Waals surface area contributed by atoms with Crippen molar-refractivity contribution in [1.29, 1.82) is 0 Å². The highest BCUT2D eigenvalue weighted by atomic mass is 16.5. The van der Waals surface area contributed by atoms with E-state index < -0.39 is 0 Å². The largest absolute Gasteiger partial charge is 0.477 e. The van der Waals surface area contributed by atoms with Gasteiger partial charge in [0, 0.05) is 17.8 Å². The van der Waals surface area contributed by atoms with Gasteiger partial charge in [-0.3, -0.25) is 0 Å². The van der Waals surface area contributed by atoms with Gasteiger partial charge in [-0.15, -0.1) is 0 Å². The van der Waals surface area contributed by atoms with Gasteiger partial charge < -0.3 is 10.1 Å². The summed E-state index contributed by atoms with van der Waals surface area (Å²) in [6, 6.07) is 4.38. The Morgan fingerprint density at radius 3 is 3.06 bits per heavy atom. The summed E-state index contributed by atoms with van der Waals surface area (Å²) in [7, 11) is 0. The number of nitrogens with zero attached hydrogens (tertiary/aromatic N) is 1. The molecule has 18 heavy (non-hydrogen) atoms. The molecule has 1 unspecified atom stereocenters. The summed E-state index contributed by atoms with van der Waals surface area (Å²) < 4.78 is 5.84. The molecule has 0 saturated heterocycles. The quantitative estimate of drug-likeness (QED) is 0.766. The maximum atomic E-state index is 5.84. The van der Waals surface area contributed by atoms with E-state index in [-0.39, 0.29) is 0 Å². The number of rotatable bonds is 8. The number of aromatic nitrogens is 1. The van der Waals surface area contributed by atoms with Crippen LogP contribution in [0, 0.1) is 5.92 Å². The molecule has 3 heteroatoms. The minimum atomic E-state index is 0.301. The van der Waals surface area contributed by atoms with Crippen LogP contribution < -0.4 is 10.1 Å². The molecule has 3 nitrogen and oxygen atoms in total. The molecule has 0 aliphatic heterocycles. The first-order valence-electron chi connectivity index (χ1n) is 7.12. The molecule has 1 aromatic heterocycles. The molecule has 1 aliphatic rings. The van der Waals surface area contributed by atoms with Crippen LogP contribution in [0.25, 0.3) is 0 Å². The van der Waals surface area contributed by atoms with E-state index in [0.717, 1.165) is 31.4 Å². The molecule has 0 radical (unpaired) electrons. The van der Waals surface area contributed by atoms with E-state index in [4.69, 9.17) is 4.74 Å². The first-order valence-corrected chi connectivity index (χ1v) is 7.12. The predicted molar refractivity (Wildman–Crippen MR) is 73.8 cm³/mol. The molecule has 1 N–H and O–H groups in total. The molecule has 1 atom stereocenters. The third kappa shape index (κ3) is 3.98. The van der Waals surface area contributed by atoms with Crippen LogP contribution in [0.3, 0.4) is 0 Å². The lowest BCUT2D eigenvalue weighted by Crippen LogP contribution is -2.20. The van der Waals surface area contributed by atoms with Crippen molar-refractivity contribution in [2.45, 2.75) is 45.6 Å². The Morgan fingerprint density at radius 2 is 2.33 bits per heavy atom. The van der Waals surface area contributed by atoms with Crippen LogP contribution in [0.5, 0.6) is 5.88 Å². The van der Waals surface area contributed by atoms with Gasteiger partial charge in [0.05, 0.1) is 6.61 Å². The van der Waals surface area contributed by atoms with Gasteiger partial charge in [0.15, 0.2) is 0 Å². The topological polar surface area (TPSA) is 34.2 Å². The van der Waals surface area contributed by atoms with Crippen LogP contribution in [0.15, 0.2) is 18.3 Å². The van der Waals surface area contributed by atoms with Crippen LogP contribution in [0.2, 0.25) is 0 Å². The van der Waals surface area contributed by atoms with E-state index in [9.17, 15) is 0 Å². The molecule has 1 fully saturated rings. The van der Waals surface area contributed by atoms with Crippen LogP contribution in [-0.4, -0.2) is 18.1 Å². The van der Waals surface area contributed by atoms with E-state index in [0.29, 0.717) is 6.04 Å². The minimum absolute atomic E-state index is 0.301. The summed E-state index contributed by atoms with van der Waals surface area (Å²) in [6.45, 7) is 6.17. The van der Waals surface area contributed by atoms with Gasteiger partial charge in [-0.1, -0.05) is 25.8 Å². The van der Waals surface area contributed by atoms with Gasteiger partial charge in [0.2, 0.25) is 5.88 Å². The van der Waals surface area contributed by atoms with E-state index in [1.807, 2.05) is 12.3 Å². The second kappa shape index (κ2) is 6.74. The summed E-state index contributed by atoms with van der Waals surface area (Å²) >= 11 is 0. The standard InChI is InChI=1S/C15H24N2O/c1-3-9-16-12(2)14-5-4-10-17-15(14)18-11-8-13-6-7-13/h4-5,10,12-13,16H,3,6-9,11H2,1-2H3. The maximum Gasteiger partial charge on any atom is 0.218 e. The molecule has 1 aliphatic carbocycles. The molecule has 0 aromatic carbocycles. The lowest BCUT2D eigenvalue weighted by molar-refractivity contribution is 0.285. The van der Waals surface area contributed by atoms with Crippen LogP contribution in [0.1, 0.15) is 51.1 Å². The molecule has 1 aromatic rings. The third-order valence-corrected chi connectivity index (χ3v) is 3.43. The van der Waals surface area contributed by atoms with Gasteiger partial charge in [-0.2, -0.15) is 0 Å². The lowest BCUT2D eigenvalue weighted by atomic mass is 10.1. The SMILES string of the molecule is CCCNC(C)c1cccnc1OCCC1CC1. The minimum Gasteiger partial charge on any atom is -0.477 e. The molecular weight excluding hydrogens is 224 g/mol. The Bertz CT molecular complexity index is 363. The Morgan fingerprint density at radius 1 is 1.50 bits per heavy atom. The molecule has 1 heterocycles. The molecule has 0 amide bonds. The number of hydrogen-bond donors (Lipinski definition) is 1. The molecule has 1 saturated carbocycles. The number of ether oxygens (including phenoxy) is 1. The van der Waals surface area contributed by atoms with E-state index in [2.05, 4.69) is 30.2 Å². The molecule has 0 bridgehead atoms. The summed E-state index contributed by atoms with van der Waals surface area (Å²) in [5, 5.41) is 3.48. The zero-order chi connectivity index (χ0) is 12.8. The molecule has 100 valence electrons. The Labute approximate surface area is 110 Å². The van der Waals surface area contributed by atoms with E-state index >= 15 is 0 Å². The van der Waals surface area contributed by atoms with Crippen molar-refractivity contribution in [3.63, 3.8) is 0 Å². The fourth-order valence-corrected chi connectivity index (χ4v) is 2.05. The molecule has 2 rings (SSSR count). The van der Waals surface area contributed by atoms with Crippen LogP contribution >= 0.6 is 0 Å². The fourth-order valence-electron chi connectivity index (χ4n) is 2.05. The highest BCUT2D eigenvalue weighted by Crippen LogP contribution is 2.32. The first-order chi connectivity index (χ1) is 8.81. The highest BCUT2D eigenvalue weighted by molar-refractivity contribution is 5.28. The Kier molecular flexibility index (Phi) is 5.00. The zero-order valence-corrected chi connectivity index (χ0v) is 11.5. The predicted octanol–water partition coefficient (Wildman–Crippen LogP) is 3.32. The maximum absolute atomic E-state index is 5.84. The van der Waals surface area contributed by atoms with E-state index in [1.54, 1.807) is 0 Å². The van der Waals surface area contributed by atoms with Crippen molar-refractivity contribution in [2.75, 3.05) is 13.2 Å². The van der Waals surface area contributed by atoms with Crippen LogP contribution in [0.4, 0.5) is 0 Å². The summed E-state index contributed by atoms with van der Waals surface area (Å²) in [5.41, 5.74) is 1.17. The van der Waals surface area contributed by atoms with E-state index in [1.165, 1.54) is 24.8 Å². The number of nitrogens with one attached hydrogen (secondary N) is 1. The Hall–Kier alpha value is -1.09. The Balaban J connectivity index is 1.90. The van der Waals surface area contributed by atoms with Gasteiger partial charge in [0.25, 0.3) is 0 Å². The average molecular weight is 248 g/mol. The van der Waals surface area contributed by atoms with Crippen molar-refractivity contribution in [1.82, 2.24) is 10.3 Å². The molecule has 0 spiro atoms. The van der Waals surface area contributed by atoms with Crippen molar-refractivity contribution in [3.8, 4) is 5.88 Å². The zero-order valence-electron chi connectivity index (χ0n) is 11.5. The second-order valence-corrected chi connectivity index (χ2v) is 5.15. The van der Waals surface area contributed by atoms with Crippen molar-refractivity contribution < 1.29 is 4.74 Å². The average Bonchev–Trinajstić information content (AvgIpc) is 3.20. The smallest absolute Gasteiger partial charge is 0.218 e. The highest BCUT2D eigenvalue weighted by Gasteiger charge is 2.21. The summed E-state index contributed by atoms with van der Waals surface area (Å²) in [5.74, 6) is 1.71. The number of hydrogen-bond acceptors (Lipinski definition) is 3.